The van der Waals surface area contributed by atoms with E-state index in [1.165, 1.54) is 64.9 Å². The number of rotatable bonds is 71. The first-order chi connectivity index (χ1) is 67.4. The maximum Gasteiger partial charge on any atom is 0.338 e. The van der Waals surface area contributed by atoms with E-state index in [9.17, 15) is 28.8 Å². The van der Waals surface area contributed by atoms with Crippen LogP contribution in [-0.2, 0) is 60.8 Å². The van der Waals surface area contributed by atoms with Crippen molar-refractivity contribution >= 4 is 71.5 Å². The molecule has 0 radical (unpaired) electrons. The summed E-state index contributed by atoms with van der Waals surface area (Å²) in [6.07, 6.45) is 37.5. The molecule has 8 aromatic rings. The second kappa shape index (κ2) is 65.1. The molecule has 746 valence electrons. The highest BCUT2D eigenvalue weighted by atomic mass is 16.6. The van der Waals surface area contributed by atoms with E-state index in [-0.39, 0.29) is 37.6 Å². The Labute approximate surface area is 813 Å². The van der Waals surface area contributed by atoms with Gasteiger partial charge in [0.25, 0.3) is 0 Å². The summed E-state index contributed by atoms with van der Waals surface area (Å²) in [5.41, 5.74) is 17.8. The van der Waals surface area contributed by atoms with Crippen LogP contribution < -0.4 is 77.8 Å². The Kier molecular flexibility index (Phi) is 51.8. The Morgan fingerprint density at radius 1 is 0.225 bits per heavy atom. The van der Waals surface area contributed by atoms with Gasteiger partial charge in [0.05, 0.1) is 134 Å². The SMILES string of the molecule is COC(=O)C=Cc1ccc(OCCCCCCCCOc2cc(COc3cc(OCc4cc(OCCCCCCCCOc5ccc(C=CC(=O)OC)cc5OC)cc(OCCCCCCCCOc5ccc(C=CC(=O)OC)cc5OC)c4)cc(C(=O)OCCCCCCOC(=O)c4cc(N)cc(N)c4)c3)cc(OCCCCCCCCOc3ccc(C=CC(=O)OC)cc3OC)c2)c(OC)c1. The van der Waals surface area contributed by atoms with E-state index >= 15 is 0 Å². The molecule has 0 bridgehead atoms. The van der Waals surface area contributed by atoms with Crippen LogP contribution in [0.1, 0.15) is 234 Å². The average Bonchev–Trinajstić information content (AvgIpc) is 0.897. The number of nitrogen functional groups attached to an aromatic ring is 2. The number of methoxy groups -OCH3 is 8. The molecule has 0 spiro atoms. The molecule has 4 N–H and O–H groups in total. The lowest BCUT2D eigenvalue weighted by Crippen LogP contribution is -2.09. The zero-order chi connectivity index (χ0) is 98.4. The lowest BCUT2D eigenvalue weighted by atomic mass is 10.1. The molecule has 28 heteroatoms. The summed E-state index contributed by atoms with van der Waals surface area (Å²) in [5, 5.41) is 0. The maximum atomic E-state index is 14.3. The van der Waals surface area contributed by atoms with Crippen molar-refractivity contribution in [3.05, 3.63) is 214 Å². The van der Waals surface area contributed by atoms with E-state index in [1.54, 1.807) is 77.0 Å². The summed E-state index contributed by atoms with van der Waals surface area (Å²) < 4.78 is 116. The Balaban J connectivity index is 0.915. The average molecular weight is 1910 g/mol. The topological polar surface area (TPSA) is 339 Å². The molecule has 28 nitrogen and oxygen atoms in total. The third kappa shape index (κ3) is 43.6. The van der Waals surface area contributed by atoms with Crippen LogP contribution >= 0.6 is 0 Å². The molecule has 8 rings (SSSR count). The molecule has 0 saturated heterocycles. The summed E-state index contributed by atoms with van der Waals surface area (Å²) in [4.78, 5) is 73.6. The van der Waals surface area contributed by atoms with Crippen LogP contribution in [0, 0.1) is 0 Å². The van der Waals surface area contributed by atoms with Crippen LogP contribution in [0.3, 0.4) is 0 Å². The van der Waals surface area contributed by atoms with Gasteiger partial charge < -0.3 is 106 Å². The predicted molar refractivity (Wildman–Crippen MR) is 533 cm³/mol. The van der Waals surface area contributed by atoms with E-state index in [0.717, 1.165) is 194 Å². The Morgan fingerprint density at radius 3 is 0.681 bits per heavy atom. The van der Waals surface area contributed by atoms with Crippen molar-refractivity contribution in [1.29, 1.82) is 0 Å². The van der Waals surface area contributed by atoms with E-state index in [2.05, 4.69) is 0 Å². The number of benzene rings is 8. The number of carbonyl (C=O) groups excluding carboxylic acids is 6. The molecule has 0 amide bonds. The van der Waals surface area contributed by atoms with Crippen LogP contribution in [0.2, 0.25) is 0 Å². The van der Waals surface area contributed by atoms with Gasteiger partial charge in [-0.15, -0.1) is 0 Å². The first kappa shape index (κ1) is 110. The van der Waals surface area contributed by atoms with Crippen molar-refractivity contribution in [1.82, 2.24) is 0 Å². The van der Waals surface area contributed by atoms with Crippen molar-refractivity contribution in [2.75, 3.05) is 134 Å². The number of ether oxygens (including phenoxy) is 20. The lowest BCUT2D eigenvalue weighted by molar-refractivity contribution is -0.135. The molecule has 0 saturated carbocycles. The van der Waals surface area contributed by atoms with E-state index in [4.69, 9.17) is 106 Å². The van der Waals surface area contributed by atoms with Gasteiger partial charge in [-0.25, -0.2) is 28.8 Å². The molecular formula is C110H140N2O26. The van der Waals surface area contributed by atoms with Crippen molar-refractivity contribution < 1.29 is 124 Å². The first-order valence-corrected chi connectivity index (χ1v) is 47.8. The van der Waals surface area contributed by atoms with Crippen molar-refractivity contribution in [2.45, 2.75) is 193 Å². The summed E-state index contributed by atoms with van der Waals surface area (Å²) in [5.74, 6) is 5.25. The molecule has 138 heavy (non-hydrogen) atoms. The molecule has 0 aliphatic carbocycles. The monoisotopic (exact) mass is 1900 g/mol. The zero-order valence-corrected chi connectivity index (χ0v) is 81.5. The predicted octanol–water partition coefficient (Wildman–Crippen LogP) is 22.6. The van der Waals surface area contributed by atoms with E-state index in [0.29, 0.717) is 164 Å². The van der Waals surface area contributed by atoms with Gasteiger partial charge in [-0.1, -0.05) is 127 Å². The number of hydrogen-bond donors (Lipinski definition) is 2. The summed E-state index contributed by atoms with van der Waals surface area (Å²) in [6.45, 7) is 4.53. The quantitative estimate of drug-likeness (QED) is 0.0118. The van der Waals surface area contributed by atoms with Crippen LogP contribution in [0.4, 0.5) is 11.4 Å². The fraction of sp³-hybridized carbons (Fsp3) is 0.436. The van der Waals surface area contributed by atoms with Gasteiger partial charge in [-0.05, 0) is 238 Å². The molecule has 0 aliphatic heterocycles. The first-order valence-electron chi connectivity index (χ1n) is 47.8. The minimum absolute atomic E-state index is 0.0747. The summed E-state index contributed by atoms with van der Waals surface area (Å²) in [6, 6.07) is 43.4. The summed E-state index contributed by atoms with van der Waals surface area (Å²) in [7, 11) is 11.7. The summed E-state index contributed by atoms with van der Waals surface area (Å²) >= 11 is 0. The highest BCUT2D eigenvalue weighted by Gasteiger charge is 2.19. The number of anilines is 2. The van der Waals surface area contributed by atoms with Crippen molar-refractivity contribution in [2.24, 2.45) is 0 Å². The zero-order valence-electron chi connectivity index (χ0n) is 81.5. The Hall–Kier alpha value is -13.7. The van der Waals surface area contributed by atoms with Gasteiger partial charge in [0.1, 0.15) is 47.7 Å². The fourth-order valence-corrected chi connectivity index (χ4v) is 14.5. The van der Waals surface area contributed by atoms with Gasteiger partial charge >= 0.3 is 35.8 Å². The van der Waals surface area contributed by atoms with Gasteiger partial charge in [0.2, 0.25) is 0 Å². The fourth-order valence-electron chi connectivity index (χ4n) is 14.5. The number of esters is 6. The normalized spacial score (nSPS) is 11.2. The van der Waals surface area contributed by atoms with Crippen LogP contribution in [0.25, 0.3) is 24.3 Å². The van der Waals surface area contributed by atoms with Gasteiger partial charge in [-0.3, -0.25) is 0 Å². The maximum absolute atomic E-state index is 14.3. The number of carbonyl (C=O) groups is 6. The second-order valence-corrected chi connectivity index (χ2v) is 32.8. The van der Waals surface area contributed by atoms with E-state index < -0.39 is 35.8 Å². The molecule has 0 fully saturated rings. The largest absolute Gasteiger partial charge is 0.493 e. The van der Waals surface area contributed by atoms with Gasteiger partial charge in [-0.2, -0.15) is 0 Å². The third-order valence-corrected chi connectivity index (χ3v) is 22.0. The van der Waals surface area contributed by atoms with Crippen LogP contribution in [-0.4, -0.2) is 159 Å². The van der Waals surface area contributed by atoms with Crippen molar-refractivity contribution in [3.8, 4) is 80.5 Å². The number of hydrogen-bond acceptors (Lipinski definition) is 28. The van der Waals surface area contributed by atoms with Gasteiger partial charge in [0.15, 0.2) is 46.0 Å². The molecule has 0 unspecified atom stereocenters. The Morgan fingerprint density at radius 2 is 0.442 bits per heavy atom. The van der Waals surface area contributed by atoms with Crippen molar-refractivity contribution in [3.63, 3.8) is 0 Å². The highest BCUT2D eigenvalue weighted by molar-refractivity contribution is 5.92. The Bertz CT molecular complexity index is 4620. The van der Waals surface area contributed by atoms with E-state index in [1.807, 2.05) is 109 Å². The standard InChI is InChI=1S/C110H140N2O26/c1-119-101-67-81(41-49-105(113)123-5)37-45-97(101)131-57-31-21-13-9-17-27-53-127-91-63-85(64-92(76-91)128-54-28-18-10-14-22-32-58-132-98-46-38-82(68-102(98)120-2)42-50-106(114)124-6)79-137-95-73-88(110(118)136-62-36-26-25-35-61-135-109(117)87-71-89(111)75-90(112)72-87)74-96(78-95)138-80-86-65-93(129-55-29-19-11-15-23-33-59-133-99-47-39-83(69-103(99)121-3)43-51-107(115)125-7)77-94(66-86)130-56-30-20-12-16-24-34-60-134-100-48-40-84(70-104(100)122-4)44-52-108(116)126-8/h37-52,63-78H,9-36,53-62,79-80,111-112H2,1-8H3. The minimum atomic E-state index is -0.566. The molecular weight excluding hydrogens is 1770 g/mol. The van der Waals surface area contributed by atoms with Gasteiger partial charge in [0, 0.05) is 53.9 Å². The third-order valence-electron chi connectivity index (χ3n) is 22.0. The number of nitrogens with two attached hydrogens (primary N) is 2. The molecule has 0 atom stereocenters. The van der Waals surface area contributed by atoms with Crippen LogP contribution in [0.15, 0.2) is 170 Å². The highest BCUT2D eigenvalue weighted by Crippen LogP contribution is 2.36. The number of unbranched alkanes of at least 4 members (excludes halogenated alkanes) is 23. The lowest BCUT2D eigenvalue weighted by Gasteiger charge is -2.16. The minimum Gasteiger partial charge on any atom is -0.493 e. The molecule has 0 aromatic heterocycles. The molecule has 8 aromatic carbocycles. The molecule has 0 aliphatic rings. The van der Waals surface area contributed by atoms with Crippen LogP contribution in [0.5, 0.6) is 80.5 Å². The smallest absolute Gasteiger partial charge is 0.338 e. The second-order valence-electron chi connectivity index (χ2n) is 32.8. The molecule has 0 heterocycles.